The Morgan fingerprint density at radius 1 is 1.26 bits per heavy atom. The summed E-state index contributed by atoms with van der Waals surface area (Å²) in [7, 11) is 4.26. The number of carbonyl (C=O) groups is 1. The molecule has 2 fully saturated rings. The van der Waals surface area contributed by atoms with Gasteiger partial charge in [0.2, 0.25) is 5.91 Å². The van der Waals surface area contributed by atoms with Gasteiger partial charge in [-0.05, 0) is 46.4 Å². The van der Waals surface area contributed by atoms with Crippen molar-refractivity contribution in [3.63, 3.8) is 0 Å². The van der Waals surface area contributed by atoms with Crippen LogP contribution in [0.3, 0.4) is 0 Å². The van der Waals surface area contributed by atoms with Gasteiger partial charge in [-0.15, -0.1) is 0 Å². The molecule has 0 radical (unpaired) electrons. The fourth-order valence-corrected chi connectivity index (χ4v) is 3.06. The molecule has 1 atom stereocenters. The Morgan fingerprint density at radius 2 is 2.11 bits per heavy atom. The van der Waals surface area contributed by atoms with Gasteiger partial charge in [0.15, 0.2) is 0 Å². The number of hydrogen-bond acceptors (Lipinski definition) is 4. The Morgan fingerprint density at radius 3 is 2.84 bits per heavy atom. The lowest BCUT2D eigenvalue weighted by Gasteiger charge is -2.27. The van der Waals surface area contributed by atoms with Crippen molar-refractivity contribution in [2.75, 3.05) is 59.9 Å². The Hall–Kier alpha value is -0.650. The van der Waals surface area contributed by atoms with Gasteiger partial charge in [-0.25, -0.2) is 0 Å². The second-order valence-electron chi connectivity index (χ2n) is 5.96. The van der Waals surface area contributed by atoms with E-state index < -0.39 is 0 Å². The molecule has 2 heterocycles. The first-order valence-corrected chi connectivity index (χ1v) is 7.54. The summed E-state index contributed by atoms with van der Waals surface area (Å²) in [6, 6.07) is 0.628. The van der Waals surface area contributed by atoms with E-state index in [4.69, 9.17) is 0 Å². The van der Waals surface area contributed by atoms with Crippen LogP contribution in [0.5, 0.6) is 0 Å². The van der Waals surface area contributed by atoms with Crippen LogP contribution >= 0.6 is 0 Å². The number of amides is 1. The van der Waals surface area contributed by atoms with Crippen molar-refractivity contribution in [3.8, 4) is 0 Å². The fourth-order valence-electron chi connectivity index (χ4n) is 3.06. The number of hydrogen-bond donors (Lipinski definition) is 1. The van der Waals surface area contributed by atoms with Crippen LogP contribution < -0.4 is 5.32 Å². The molecule has 5 nitrogen and oxygen atoms in total. The van der Waals surface area contributed by atoms with Gasteiger partial charge in [0.05, 0.1) is 6.54 Å². The predicted molar refractivity (Wildman–Crippen MR) is 77.2 cm³/mol. The summed E-state index contributed by atoms with van der Waals surface area (Å²) in [4.78, 5) is 18.9. The van der Waals surface area contributed by atoms with Gasteiger partial charge in [0.1, 0.15) is 0 Å². The third-order valence-electron chi connectivity index (χ3n) is 4.29. The van der Waals surface area contributed by atoms with Gasteiger partial charge in [-0.3, -0.25) is 9.69 Å². The van der Waals surface area contributed by atoms with Crippen LogP contribution in [0.1, 0.15) is 19.3 Å². The second kappa shape index (κ2) is 7.22. The Bertz CT molecular complexity index is 289. The summed E-state index contributed by atoms with van der Waals surface area (Å²) >= 11 is 0. The van der Waals surface area contributed by atoms with Crippen molar-refractivity contribution in [1.82, 2.24) is 20.0 Å². The molecule has 0 bridgehead atoms. The van der Waals surface area contributed by atoms with E-state index in [1.54, 1.807) is 0 Å². The lowest BCUT2D eigenvalue weighted by atomic mass is 10.2. The van der Waals surface area contributed by atoms with E-state index >= 15 is 0 Å². The molecule has 2 rings (SSSR count). The molecular formula is C14H28N4O. The normalized spacial score (nSPS) is 25.8. The average Bonchev–Trinajstić information content (AvgIpc) is 2.66. The lowest BCUT2D eigenvalue weighted by Crippen LogP contribution is -2.44. The highest BCUT2D eigenvalue weighted by Gasteiger charge is 2.23. The Balaban J connectivity index is 1.74. The van der Waals surface area contributed by atoms with Crippen molar-refractivity contribution >= 4 is 5.91 Å². The van der Waals surface area contributed by atoms with E-state index in [1.807, 2.05) is 4.90 Å². The molecule has 19 heavy (non-hydrogen) atoms. The van der Waals surface area contributed by atoms with Crippen LogP contribution in [-0.4, -0.2) is 86.6 Å². The summed E-state index contributed by atoms with van der Waals surface area (Å²) in [5.74, 6) is 0.284. The van der Waals surface area contributed by atoms with Crippen LogP contribution in [0.25, 0.3) is 0 Å². The first kappa shape index (κ1) is 14.8. The SMILES string of the molecule is CN(CC(=O)N1CCCNCC1)CC1CCCN1C. The summed E-state index contributed by atoms with van der Waals surface area (Å²) in [6.45, 7) is 6.50. The highest BCUT2D eigenvalue weighted by molar-refractivity contribution is 5.78. The molecule has 0 aliphatic carbocycles. The fraction of sp³-hybridized carbons (Fsp3) is 0.929. The number of nitrogens with one attached hydrogen (secondary N) is 1. The molecule has 1 N–H and O–H groups in total. The summed E-state index contributed by atoms with van der Waals surface area (Å²) in [5.41, 5.74) is 0. The highest BCUT2D eigenvalue weighted by Crippen LogP contribution is 2.15. The van der Waals surface area contributed by atoms with Gasteiger partial charge in [-0.1, -0.05) is 0 Å². The first-order valence-electron chi connectivity index (χ1n) is 7.54. The zero-order chi connectivity index (χ0) is 13.7. The molecule has 110 valence electrons. The van der Waals surface area contributed by atoms with Crippen molar-refractivity contribution in [2.45, 2.75) is 25.3 Å². The molecule has 0 saturated carbocycles. The number of likely N-dealkylation sites (N-methyl/N-ethyl adjacent to an activating group) is 2. The number of carbonyl (C=O) groups excluding carboxylic acids is 1. The third-order valence-corrected chi connectivity index (χ3v) is 4.29. The zero-order valence-electron chi connectivity index (χ0n) is 12.4. The van der Waals surface area contributed by atoms with Crippen LogP contribution in [0.15, 0.2) is 0 Å². The molecule has 0 aromatic heterocycles. The quantitative estimate of drug-likeness (QED) is 0.769. The minimum atomic E-state index is 0.284. The zero-order valence-corrected chi connectivity index (χ0v) is 12.4. The third kappa shape index (κ3) is 4.44. The monoisotopic (exact) mass is 268 g/mol. The molecule has 0 aromatic carbocycles. The molecule has 2 aliphatic heterocycles. The molecule has 0 spiro atoms. The molecular weight excluding hydrogens is 240 g/mol. The van der Waals surface area contributed by atoms with E-state index in [1.165, 1.54) is 19.4 Å². The van der Waals surface area contributed by atoms with Crippen LogP contribution in [-0.2, 0) is 4.79 Å². The van der Waals surface area contributed by atoms with E-state index in [0.717, 1.165) is 39.1 Å². The smallest absolute Gasteiger partial charge is 0.236 e. The van der Waals surface area contributed by atoms with Crippen LogP contribution in [0, 0.1) is 0 Å². The second-order valence-corrected chi connectivity index (χ2v) is 5.96. The van der Waals surface area contributed by atoms with Gasteiger partial charge in [0, 0.05) is 32.2 Å². The first-order chi connectivity index (χ1) is 9.16. The minimum Gasteiger partial charge on any atom is -0.340 e. The summed E-state index contributed by atoms with van der Waals surface area (Å²) in [6.07, 6.45) is 3.63. The molecule has 0 aromatic rings. The maximum Gasteiger partial charge on any atom is 0.236 e. The molecule has 2 aliphatic rings. The standard InChI is InChI=1S/C14H28N4O/c1-16(11-13-5-3-8-17(13)2)12-14(19)18-9-4-6-15-7-10-18/h13,15H,3-12H2,1-2H3. The van der Waals surface area contributed by atoms with E-state index in [-0.39, 0.29) is 5.91 Å². The van der Waals surface area contributed by atoms with Gasteiger partial charge in [0.25, 0.3) is 0 Å². The summed E-state index contributed by atoms with van der Waals surface area (Å²) in [5, 5.41) is 3.34. The highest BCUT2D eigenvalue weighted by atomic mass is 16.2. The van der Waals surface area contributed by atoms with E-state index in [0.29, 0.717) is 12.6 Å². The summed E-state index contributed by atoms with van der Waals surface area (Å²) < 4.78 is 0. The topological polar surface area (TPSA) is 38.8 Å². The van der Waals surface area contributed by atoms with Gasteiger partial charge >= 0.3 is 0 Å². The average molecular weight is 268 g/mol. The van der Waals surface area contributed by atoms with Crippen molar-refractivity contribution < 1.29 is 4.79 Å². The maximum absolute atomic E-state index is 12.3. The van der Waals surface area contributed by atoms with Crippen molar-refractivity contribution in [3.05, 3.63) is 0 Å². The van der Waals surface area contributed by atoms with Crippen molar-refractivity contribution in [2.24, 2.45) is 0 Å². The Labute approximate surface area is 116 Å². The van der Waals surface area contributed by atoms with E-state index in [9.17, 15) is 4.79 Å². The number of rotatable bonds is 4. The lowest BCUT2D eigenvalue weighted by molar-refractivity contribution is -0.132. The predicted octanol–water partition coefficient (Wildman–Crippen LogP) is -0.166. The molecule has 1 unspecified atom stereocenters. The molecule has 5 heteroatoms. The van der Waals surface area contributed by atoms with Crippen LogP contribution in [0.2, 0.25) is 0 Å². The number of likely N-dealkylation sites (tertiary alicyclic amines) is 1. The molecule has 1 amide bonds. The molecule has 2 saturated heterocycles. The maximum atomic E-state index is 12.3. The van der Waals surface area contributed by atoms with Crippen LogP contribution in [0.4, 0.5) is 0 Å². The Kier molecular flexibility index (Phi) is 5.60. The van der Waals surface area contributed by atoms with Gasteiger partial charge < -0.3 is 15.1 Å². The minimum absolute atomic E-state index is 0.284. The van der Waals surface area contributed by atoms with E-state index in [2.05, 4.69) is 29.2 Å². The van der Waals surface area contributed by atoms with Gasteiger partial charge in [-0.2, -0.15) is 0 Å². The van der Waals surface area contributed by atoms with Crippen molar-refractivity contribution in [1.29, 1.82) is 0 Å². The number of nitrogens with zero attached hydrogens (tertiary/aromatic N) is 3. The largest absolute Gasteiger partial charge is 0.340 e.